The summed E-state index contributed by atoms with van der Waals surface area (Å²) >= 11 is 2.96. The van der Waals surface area contributed by atoms with Gasteiger partial charge in [-0.1, -0.05) is 47.4 Å². The van der Waals surface area contributed by atoms with Crippen molar-refractivity contribution >= 4 is 39.6 Å². The summed E-state index contributed by atoms with van der Waals surface area (Å²) in [6.45, 7) is 1.89. The Labute approximate surface area is 198 Å². The van der Waals surface area contributed by atoms with Gasteiger partial charge in [-0.25, -0.2) is 4.98 Å². The summed E-state index contributed by atoms with van der Waals surface area (Å²) in [6, 6.07) is 24.5. The summed E-state index contributed by atoms with van der Waals surface area (Å²) in [4.78, 5) is 17.0. The van der Waals surface area contributed by atoms with Gasteiger partial charge in [-0.05, 0) is 55.5 Å². The van der Waals surface area contributed by atoms with Gasteiger partial charge in [0.1, 0.15) is 17.1 Å². The van der Waals surface area contributed by atoms with Crippen molar-refractivity contribution in [3.05, 3.63) is 101 Å². The van der Waals surface area contributed by atoms with Crippen LogP contribution in [0.5, 0.6) is 11.5 Å². The number of thioether (sulfide) groups is 1. The zero-order valence-corrected chi connectivity index (χ0v) is 19.3. The molecule has 1 N–H and O–H groups in total. The first kappa shape index (κ1) is 21.2. The van der Waals surface area contributed by atoms with E-state index < -0.39 is 0 Å². The van der Waals surface area contributed by atoms with Gasteiger partial charge in [0.15, 0.2) is 4.34 Å². The van der Waals surface area contributed by atoms with Crippen LogP contribution in [0.4, 0.5) is 10.8 Å². The Hall–Kier alpha value is -3.69. The molecule has 5 aromatic rings. The topological polar surface area (TPSA) is 81.4 Å². The van der Waals surface area contributed by atoms with Crippen molar-refractivity contribution in [3.63, 3.8) is 0 Å². The molecule has 0 bridgehead atoms. The molecule has 7 nitrogen and oxygen atoms in total. The SMILES string of the molecule is Cc1cccc2nc(CSc3nnc(Nc4ccc(Oc5ccccc5)cc4)s3)cc(=O)n12. The molecule has 0 spiro atoms. The zero-order valence-electron chi connectivity index (χ0n) is 17.6. The van der Waals surface area contributed by atoms with Gasteiger partial charge >= 0.3 is 0 Å². The molecule has 0 saturated carbocycles. The van der Waals surface area contributed by atoms with Crippen molar-refractivity contribution in [2.24, 2.45) is 0 Å². The number of fused-ring (bicyclic) bond motifs is 1. The summed E-state index contributed by atoms with van der Waals surface area (Å²) in [6.07, 6.45) is 0. The average molecular weight is 474 g/mol. The minimum Gasteiger partial charge on any atom is -0.457 e. The van der Waals surface area contributed by atoms with Gasteiger partial charge in [-0.15, -0.1) is 10.2 Å². The fourth-order valence-electron chi connectivity index (χ4n) is 3.25. The summed E-state index contributed by atoms with van der Waals surface area (Å²) in [7, 11) is 0. The molecule has 0 amide bonds. The number of nitrogens with zero attached hydrogens (tertiary/aromatic N) is 4. The number of aryl methyl sites for hydroxylation is 1. The fraction of sp³-hybridized carbons (Fsp3) is 0.0833. The smallest absolute Gasteiger partial charge is 0.258 e. The van der Waals surface area contributed by atoms with Gasteiger partial charge in [-0.2, -0.15) is 0 Å². The van der Waals surface area contributed by atoms with Crippen molar-refractivity contribution in [1.29, 1.82) is 0 Å². The Kier molecular flexibility index (Phi) is 6.05. The molecule has 3 heterocycles. The highest BCUT2D eigenvalue weighted by Gasteiger charge is 2.09. The van der Waals surface area contributed by atoms with Crippen LogP contribution in [0.1, 0.15) is 11.4 Å². The van der Waals surface area contributed by atoms with Crippen molar-refractivity contribution in [1.82, 2.24) is 19.6 Å². The molecule has 33 heavy (non-hydrogen) atoms. The van der Waals surface area contributed by atoms with Gasteiger partial charge in [0, 0.05) is 23.2 Å². The number of rotatable bonds is 7. The van der Waals surface area contributed by atoms with E-state index in [0.717, 1.165) is 27.2 Å². The summed E-state index contributed by atoms with van der Waals surface area (Å²) < 4.78 is 8.22. The zero-order chi connectivity index (χ0) is 22.6. The fourth-order valence-corrected chi connectivity index (χ4v) is 4.91. The first-order valence-corrected chi connectivity index (χ1v) is 12.0. The number of aromatic nitrogens is 4. The number of hydrogen-bond acceptors (Lipinski definition) is 8. The van der Waals surface area contributed by atoms with Crippen LogP contribution in [0.2, 0.25) is 0 Å². The number of ether oxygens (including phenoxy) is 1. The van der Waals surface area contributed by atoms with E-state index in [1.54, 1.807) is 10.5 Å². The molecule has 2 aromatic carbocycles. The van der Waals surface area contributed by atoms with Crippen molar-refractivity contribution in [2.75, 3.05) is 5.32 Å². The molecule has 5 rings (SSSR count). The molecule has 9 heteroatoms. The lowest BCUT2D eigenvalue weighted by molar-refractivity contribution is 0.483. The van der Waals surface area contributed by atoms with Gasteiger partial charge < -0.3 is 10.1 Å². The van der Waals surface area contributed by atoms with Gasteiger partial charge in [-0.3, -0.25) is 9.20 Å². The van der Waals surface area contributed by atoms with E-state index in [1.165, 1.54) is 23.1 Å². The van der Waals surface area contributed by atoms with Crippen LogP contribution in [-0.4, -0.2) is 19.6 Å². The number of hydrogen-bond donors (Lipinski definition) is 1. The van der Waals surface area contributed by atoms with E-state index >= 15 is 0 Å². The third kappa shape index (κ3) is 5.05. The molecule has 164 valence electrons. The van der Waals surface area contributed by atoms with E-state index in [1.807, 2.05) is 79.7 Å². The second-order valence-corrected chi connectivity index (χ2v) is 9.37. The Morgan fingerprint density at radius 1 is 0.970 bits per heavy atom. The predicted octanol–water partition coefficient (Wildman–Crippen LogP) is 5.68. The molecule has 0 radical (unpaired) electrons. The minimum absolute atomic E-state index is 0.0759. The van der Waals surface area contributed by atoms with Crippen LogP contribution in [0.3, 0.4) is 0 Å². The molecule has 3 aromatic heterocycles. The normalized spacial score (nSPS) is 10.9. The lowest BCUT2D eigenvalue weighted by Gasteiger charge is -2.07. The van der Waals surface area contributed by atoms with Gasteiger partial charge in [0.2, 0.25) is 5.13 Å². The Bertz CT molecular complexity index is 1450. The average Bonchev–Trinajstić information content (AvgIpc) is 3.27. The van der Waals surface area contributed by atoms with Crippen LogP contribution in [0, 0.1) is 6.92 Å². The van der Waals surface area contributed by atoms with E-state index in [0.29, 0.717) is 22.2 Å². The molecule has 0 fully saturated rings. The summed E-state index contributed by atoms with van der Waals surface area (Å²) in [5.74, 6) is 2.09. The van der Waals surface area contributed by atoms with E-state index in [-0.39, 0.29) is 5.56 Å². The second-order valence-electron chi connectivity index (χ2n) is 7.17. The number of para-hydroxylation sites is 1. The highest BCUT2D eigenvalue weighted by atomic mass is 32.2. The number of pyridine rings is 1. The molecule has 0 aliphatic carbocycles. The maximum absolute atomic E-state index is 12.4. The standard InChI is InChI=1S/C24H19N5O2S2/c1-16-6-5-9-21-25-18(14-22(30)29(16)21)15-32-24-28-27-23(33-24)26-17-10-12-20(13-11-17)31-19-7-3-2-4-8-19/h2-14H,15H2,1H3,(H,26,27). The van der Waals surface area contributed by atoms with Crippen LogP contribution < -0.4 is 15.6 Å². The minimum atomic E-state index is -0.0759. The molecule has 0 saturated heterocycles. The Morgan fingerprint density at radius 2 is 1.76 bits per heavy atom. The van der Waals surface area contributed by atoms with Crippen molar-refractivity contribution in [3.8, 4) is 11.5 Å². The summed E-state index contributed by atoms with van der Waals surface area (Å²) in [5.41, 5.74) is 3.05. The first-order valence-electron chi connectivity index (χ1n) is 10.2. The van der Waals surface area contributed by atoms with Crippen molar-refractivity contribution in [2.45, 2.75) is 17.0 Å². The van der Waals surface area contributed by atoms with Crippen LogP contribution >= 0.6 is 23.1 Å². The molecule has 0 aliphatic heterocycles. The second kappa shape index (κ2) is 9.43. The van der Waals surface area contributed by atoms with Crippen LogP contribution in [0.25, 0.3) is 5.65 Å². The van der Waals surface area contributed by atoms with Crippen molar-refractivity contribution < 1.29 is 4.74 Å². The molecule has 0 atom stereocenters. The molecular weight excluding hydrogens is 454 g/mol. The lowest BCUT2D eigenvalue weighted by atomic mass is 10.3. The predicted molar refractivity (Wildman–Crippen MR) is 132 cm³/mol. The largest absolute Gasteiger partial charge is 0.457 e. The monoisotopic (exact) mass is 473 g/mol. The van der Waals surface area contributed by atoms with Crippen LogP contribution in [-0.2, 0) is 5.75 Å². The maximum Gasteiger partial charge on any atom is 0.258 e. The first-order chi connectivity index (χ1) is 16.1. The Morgan fingerprint density at radius 3 is 2.58 bits per heavy atom. The van der Waals surface area contributed by atoms with Gasteiger partial charge in [0.25, 0.3) is 5.56 Å². The van der Waals surface area contributed by atoms with E-state index in [2.05, 4.69) is 20.5 Å². The highest BCUT2D eigenvalue weighted by molar-refractivity contribution is 8.00. The number of benzene rings is 2. The number of anilines is 2. The third-order valence-corrected chi connectivity index (χ3v) is 6.77. The lowest BCUT2D eigenvalue weighted by Crippen LogP contribution is -2.17. The maximum atomic E-state index is 12.4. The molecular formula is C24H19N5O2S2. The third-order valence-electron chi connectivity index (χ3n) is 4.77. The number of nitrogens with one attached hydrogen (secondary N) is 1. The van der Waals surface area contributed by atoms with E-state index in [4.69, 9.17) is 4.74 Å². The van der Waals surface area contributed by atoms with E-state index in [9.17, 15) is 4.79 Å². The molecule has 0 unspecified atom stereocenters. The van der Waals surface area contributed by atoms with Crippen LogP contribution in [0.15, 0.2) is 88.0 Å². The Balaban J connectivity index is 1.21. The quantitative estimate of drug-likeness (QED) is 0.304. The van der Waals surface area contributed by atoms with Gasteiger partial charge in [0.05, 0.1) is 5.69 Å². The highest BCUT2D eigenvalue weighted by Crippen LogP contribution is 2.30. The molecule has 0 aliphatic rings. The summed E-state index contributed by atoms with van der Waals surface area (Å²) in [5, 5.41) is 12.4.